The first-order valence-electron chi connectivity index (χ1n) is 6.48. The van der Waals surface area contributed by atoms with Crippen LogP contribution in [0, 0.1) is 11.6 Å². The summed E-state index contributed by atoms with van der Waals surface area (Å²) in [6, 6.07) is 10.9. The summed E-state index contributed by atoms with van der Waals surface area (Å²) in [7, 11) is 1.59. The standard InChI is InChI=1S/C16H12F2N2OS/c1-21-15-5-3-2-4-13(15)19-16-20-14(9-22-16)11-7-6-10(17)8-12(11)18/h2-9H,1H3,(H,19,20). The molecule has 0 aliphatic heterocycles. The predicted molar refractivity (Wildman–Crippen MR) is 83.7 cm³/mol. The zero-order valence-electron chi connectivity index (χ0n) is 11.6. The van der Waals surface area contributed by atoms with E-state index in [-0.39, 0.29) is 5.56 Å². The number of anilines is 2. The lowest BCUT2D eigenvalue weighted by atomic mass is 10.1. The average Bonchev–Trinajstić information content (AvgIpc) is 2.96. The Balaban J connectivity index is 1.88. The van der Waals surface area contributed by atoms with Gasteiger partial charge in [-0.2, -0.15) is 0 Å². The molecule has 22 heavy (non-hydrogen) atoms. The van der Waals surface area contributed by atoms with Gasteiger partial charge in [-0.25, -0.2) is 13.8 Å². The van der Waals surface area contributed by atoms with Gasteiger partial charge >= 0.3 is 0 Å². The van der Waals surface area contributed by atoms with E-state index in [9.17, 15) is 8.78 Å². The molecule has 1 heterocycles. The van der Waals surface area contributed by atoms with E-state index in [0.29, 0.717) is 16.6 Å². The number of halogens is 2. The highest BCUT2D eigenvalue weighted by molar-refractivity contribution is 7.14. The summed E-state index contributed by atoms with van der Waals surface area (Å²) in [5.74, 6) is -0.551. The van der Waals surface area contributed by atoms with Gasteiger partial charge in [-0.15, -0.1) is 11.3 Å². The van der Waals surface area contributed by atoms with Crippen molar-refractivity contribution in [1.82, 2.24) is 4.98 Å². The normalized spacial score (nSPS) is 10.5. The molecule has 0 aliphatic rings. The minimum Gasteiger partial charge on any atom is -0.495 e. The van der Waals surface area contributed by atoms with E-state index in [4.69, 9.17) is 4.74 Å². The van der Waals surface area contributed by atoms with Crippen LogP contribution in [0.3, 0.4) is 0 Å². The van der Waals surface area contributed by atoms with Crippen molar-refractivity contribution < 1.29 is 13.5 Å². The summed E-state index contributed by atoms with van der Waals surface area (Å²) in [5, 5.41) is 5.45. The molecule has 0 saturated heterocycles. The highest BCUT2D eigenvalue weighted by atomic mass is 32.1. The SMILES string of the molecule is COc1ccccc1Nc1nc(-c2ccc(F)cc2F)cs1. The molecule has 3 aromatic rings. The smallest absolute Gasteiger partial charge is 0.187 e. The van der Waals surface area contributed by atoms with Crippen LogP contribution in [0.2, 0.25) is 0 Å². The molecule has 3 nitrogen and oxygen atoms in total. The highest BCUT2D eigenvalue weighted by Crippen LogP contribution is 2.32. The van der Waals surface area contributed by atoms with Crippen molar-refractivity contribution >= 4 is 22.2 Å². The number of methoxy groups -OCH3 is 1. The molecule has 1 aromatic heterocycles. The topological polar surface area (TPSA) is 34.1 Å². The van der Waals surface area contributed by atoms with E-state index in [2.05, 4.69) is 10.3 Å². The molecule has 112 valence electrons. The molecule has 0 fully saturated rings. The van der Waals surface area contributed by atoms with E-state index >= 15 is 0 Å². The number of rotatable bonds is 4. The van der Waals surface area contributed by atoms with Crippen LogP contribution < -0.4 is 10.1 Å². The number of nitrogens with zero attached hydrogens (tertiary/aromatic N) is 1. The summed E-state index contributed by atoms with van der Waals surface area (Å²) in [4.78, 5) is 4.33. The number of hydrogen-bond donors (Lipinski definition) is 1. The van der Waals surface area contributed by atoms with E-state index in [1.807, 2.05) is 24.3 Å². The second-order valence-corrected chi connectivity index (χ2v) is 5.35. The summed E-state index contributed by atoms with van der Waals surface area (Å²) < 4.78 is 32.0. The van der Waals surface area contributed by atoms with Crippen molar-refractivity contribution in [1.29, 1.82) is 0 Å². The Morgan fingerprint density at radius 2 is 1.95 bits per heavy atom. The van der Waals surface area contributed by atoms with Gasteiger partial charge in [-0.3, -0.25) is 0 Å². The van der Waals surface area contributed by atoms with Crippen molar-refractivity contribution in [2.45, 2.75) is 0 Å². The second-order valence-electron chi connectivity index (χ2n) is 4.49. The summed E-state index contributed by atoms with van der Waals surface area (Å²) >= 11 is 1.33. The number of para-hydroxylation sites is 2. The first-order valence-corrected chi connectivity index (χ1v) is 7.36. The molecular formula is C16H12F2N2OS. The van der Waals surface area contributed by atoms with Gasteiger partial charge < -0.3 is 10.1 Å². The minimum absolute atomic E-state index is 0.269. The zero-order chi connectivity index (χ0) is 15.5. The first-order chi connectivity index (χ1) is 10.7. The quantitative estimate of drug-likeness (QED) is 0.747. The maximum absolute atomic E-state index is 13.8. The van der Waals surface area contributed by atoms with Crippen LogP contribution in [0.4, 0.5) is 19.6 Å². The van der Waals surface area contributed by atoms with Gasteiger partial charge in [0.25, 0.3) is 0 Å². The van der Waals surface area contributed by atoms with E-state index < -0.39 is 11.6 Å². The Labute approximate surface area is 130 Å². The fourth-order valence-electron chi connectivity index (χ4n) is 2.02. The van der Waals surface area contributed by atoms with Crippen molar-refractivity contribution in [2.24, 2.45) is 0 Å². The largest absolute Gasteiger partial charge is 0.495 e. The minimum atomic E-state index is -0.630. The van der Waals surface area contributed by atoms with Crippen LogP contribution in [0.25, 0.3) is 11.3 Å². The van der Waals surface area contributed by atoms with Crippen LogP contribution in [0.1, 0.15) is 0 Å². The Morgan fingerprint density at radius 3 is 2.73 bits per heavy atom. The van der Waals surface area contributed by atoms with Crippen LogP contribution in [-0.2, 0) is 0 Å². The lowest BCUT2D eigenvalue weighted by Gasteiger charge is -2.08. The molecule has 3 rings (SSSR count). The van der Waals surface area contributed by atoms with Gasteiger partial charge in [0, 0.05) is 17.0 Å². The van der Waals surface area contributed by atoms with Gasteiger partial charge in [-0.1, -0.05) is 12.1 Å². The number of ether oxygens (including phenoxy) is 1. The highest BCUT2D eigenvalue weighted by Gasteiger charge is 2.11. The molecule has 0 bridgehead atoms. The van der Waals surface area contributed by atoms with Gasteiger partial charge in [-0.05, 0) is 24.3 Å². The Bertz CT molecular complexity index is 804. The molecule has 0 saturated carbocycles. The Hall–Kier alpha value is -2.47. The zero-order valence-corrected chi connectivity index (χ0v) is 12.5. The summed E-state index contributed by atoms with van der Waals surface area (Å²) in [5.41, 5.74) is 1.50. The summed E-state index contributed by atoms with van der Waals surface area (Å²) in [6.45, 7) is 0. The van der Waals surface area contributed by atoms with Crippen molar-refractivity contribution in [3.63, 3.8) is 0 Å². The number of nitrogens with one attached hydrogen (secondary N) is 1. The molecule has 2 aromatic carbocycles. The number of hydrogen-bond acceptors (Lipinski definition) is 4. The lowest BCUT2D eigenvalue weighted by molar-refractivity contribution is 0.417. The van der Waals surface area contributed by atoms with Gasteiger partial charge in [0.15, 0.2) is 5.13 Å². The molecule has 0 amide bonds. The third-order valence-electron chi connectivity index (χ3n) is 3.06. The fourth-order valence-corrected chi connectivity index (χ4v) is 2.74. The fraction of sp³-hybridized carbons (Fsp3) is 0.0625. The van der Waals surface area contributed by atoms with Crippen molar-refractivity contribution in [3.8, 4) is 17.0 Å². The second kappa shape index (κ2) is 6.11. The van der Waals surface area contributed by atoms with Crippen LogP contribution in [0.5, 0.6) is 5.75 Å². The van der Waals surface area contributed by atoms with E-state index in [1.165, 1.54) is 23.5 Å². The Morgan fingerprint density at radius 1 is 1.14 bits per heavy atom. The first kappa shape index (κ1) is 14.5. The van der Waals surface area contributed by atoms with Crippen molar-refractivity contribution in [3.05, 3.63) is 59.5 Å². The molecule has 0 spiro atoms. The Kier molecular flexibility index (Phi) is 4.02. The number of aromatic nitrogens is 1. The van der Waals surface area contributed by atoms with Crippen LogP contribution >= 0.6 is 11.3 Å². The predicted octanol–water partition coefficient (Wildman–Crippen LogP) is 4.84. The molecule has 0 atom stereocenters. The van der Waals surface area contributed by atoms with Crippen molar-refractivity contribution in [2.75, 3.05) is 12.4 Å². The number of benzene rings is 2. The maximum Gasteiger partial charge on any atom is 0.187 e. The molecule has 1 N–H and O–H groups in total. The van der Waals surface area contributed by atoms with E-state index in [0.717, 1.165) is 11.8 Å². The summed E-state index contributed by atoms with van der Waals surface area (Å²) in [6.07, 6.45) is 0. The van der Waals surface area contributed by atoms with Gasteiger partial charge in [0.1, 0.15) is 17.4 Å². The number of thiazole rings is 1. The van der Waals surface area contributed by atoms with E-state index in [1.54, 1.807) is 12.5 Å². The monoisotopic (exact) mass is 318 g/mol. The molecular weight excluding hydrogens is 306 g/mol. The van der Waals surface area contributed by atoms with Crippen LogP contribution in [-0.4, -0.2) is 12.1 Å². The molecule has 0 unspecified atom stereocenters. The average molecular weight is 318 g/mol. The molecule has 0 radical (unpaired) electrons. The van der Waals surface area contributed by atoms with Crippen LogP contribution in [0.15, 0.2) is 47.8 Å². The third-order valence-corrected chi connectivity index (χ3v) is 3.82. The molecule has 0 aliphatic carbocycles. The van der Waals surface area contributed by atoms with Gasteiger partial charge in [0.2, 0.25) is 0 Å². The third kappa shape index (κ3) is 2.92. The maximum atomic E-state index is 13.8. The van der Waals surface area contributed by atoms with Gasteiger partial charge in [0.05, 0.1) is 18.5 Å². The molecule has 6 heteroatoms. The lowest BCUT2D eigenvalue weighted by Crippen LogP contribution is -1.94.